The van der Waals surface area contributed by atoms with Crippen molar-refractivity contribution in [2.24, 2.45) is 0 Å². The van der Waals surface area contributed by atoms with Crippen LogP contribution in [0.3, 0.4) is 0 Å². The first kappa shape index (κ1) is 21.7. The fraction of sp³-hybridized carbons (Fsp3) is 0.333. The molecule has 1 aromatic heterocycles. The van der Waals surface area contributed by atoms with Gasteiger partial charge in [-0.3, -0.25) is 5.32 Å². The Hall–Kier alpha value is -2.97. The number of hydrogen-bond donors (Lipinski definition) is 1. The Bertz CT molecular complexity index is 1090. The van der Waals surface area contributed by atoms with Crippen LogP contribution in [-0.2, 0) is 10.3 Å². The molecule has 6 heteroatoms. The molecule has 30 heavy (non-hydrogen) atoms. The number of fused-ring (bicyclic) bond motifs is 1. The summed E-state index contributed by atoms with van der Waals surface area (Å²) in [5.74, 6) is 0. The van der Waals surface area contributed by atoms with E-state index in [4.69, 9.17) is 16.3 Å². The number of nitriles is 1. The molecule has 1 N–H and O–H groups in total. The minimum absolute atomic E-state index is 0.304. The van der Waals surface area contributed by atoms with Gasteiger partial charge in [0.2, 0.25) is 0 Å². The molecular formula is C24H26ClN3O2. The van der Waals surface area contributed by atoms with E-state index in [9.17, 15) is 10.1 Å². The number of rotatable bonds is 5. The Labute approximate surface area is 182 Å². The van der Waals surface area contributed by atoms with E-state index in [0.717, 1.165) is 22.9 Å². The molecule has 0 bridgehead atoms. The largest absolute Gasteiger partial charge is 0.444 e. The van der Waals surface area contributed by atoms with Crippen LogP contribution in [0.2, 0.25) is 5.02 Å². The Morgan fingerprint density at radius 3 is 2.47 bits per heavy atom. The van der Waals surface area contributed by atoms with Crippen molar-refractivity contribution in [1.29, 1.82) is 5.26 Å². The van der Waals surface area contributed by atoms with Crippen LogP contribution in [0.15, 0.2) is 54.7 Å². The zero-order valence-electron chi connectivity index (χ0n) is 17.7. The molecule has 5 nitrogen and oxygen atoms in total. The van der Waals surface area contributed by atoms with Crippen molar-refractivity contribution in [3.63, 3.8) is 0 Å². The van der Waals surface area contributed by atoms with Gasteiger partial charge in [-0.15, -0.1) is 0 Å². The number of nitrogens with zero attached hydrogens (tertiary/aromatic N) is 2. The quantitative estimate of drug-likeness (QED) is 0.495. The molecule has 0 spiro atoms. The first-order chi connectivity index (χ1) is 14.2. The average Bonchev–Trinajstić information content (AvgIpc) is 3.11. The van der Waals surface area contributed by atoms with E-state index >= 15 is 0 Å². The van der Waals surface area contributed by atoms with E-state index in [1.54, 1.807) is 0 Å². The third-order valence-electron chi connectivity index (χ3n) is 5.17. The van der Waals surface area contributed by atoms with Crippen molar-refractivity contribution in [2.75, 3.05) is 5.32 Å². The lowest BCUT2D eigenvalue weighted by Crippen LogP contribution is -2.33. The summed E-state index contributed by atoms with van der Waals surface area (Å²) in [5, 5.41) is 14.0. The smallest absolute Gasteiger partial charge is 0.412 e. The van der Waals surface area contributed by atoms with Crippen LogP contribution in [0.4, 0.5) is 10.5 Å². The SMILES string of the molecule is CCC(CC#N)(c1ccc(Cl)cc1)n1ccc2c(NC(=O)OC(C)(C)C)cccc21. The van der Waals surface area contributed by atoms with Crippen molar-refractivity contribution in [3.05, 3.63) is 65.3 Å². The summed E-state index contributed by atoms with van der Waals surface area (Å²) >= 11 is 6.09. The van der Waals surface area contributed by atoms with Crippen molar-refractivity contribution in [1.82, 2.24) is 4.57 Å². The highest BCUT2D eigenvalue weighted by molar-refractivity contribution is 6.30. The Morgan fingerprint density at radius 1 is 1.17 bits per heavy atom. The van der Waals surface area contributed by atoms with Gasteiger partial charge in [-0.25, -0.2) is 4.79 Å². The van der Waals surface area contributed by atoms with Crippen LogP contribution in [0, 0.1) is 11.3 Å². The molecule has 0 aliphatic carbocycles. The van der Waals surface area contributed by atoms with Crippen LogP contribution in [-0.4, -0.2) is 16.3 Å². The van der Waals surface area contributed by atoms with Crippen LogP contribution in [0.25, 0.3) is 10.9 Å². The fourth-order valence-electron chi connectivity index (χ4n) is 3.78. The molecule has 0 aliphatic rings. The Morgan fingerprint density at radius 2 is 1.87 bits per heavy atom. The van der Waals surface area contributed by atoms with Crippen LogP contribution in [0.1, 0.15) is 46.1 Å². The number of hydrogen-bond acceptors (Lipinski definition) is 3. The molecule has 1 amide bonds. The minimum Gasteiger partial charge on any atom is -0.444 e. The minimum atomic E-state index is -0.581. The van der Waals surface area contributed by atoms with E-state index in [-0.39, 0.29) is 0 Å². The summed E-state index contributed by atoms with van der Waals surface area (Å²) in [4.78, 5) is 12.3. The second-order valence-corrected chi connectivity index (χ2v) is 8.71. The monoisotopic (exact) mass is 423 g/mol. The number of anilines is 1. The summed E-state index contributed by atoms with van der Waals surface area (Å²) < 4.78 is 7.51. The van der Waals surface area contributed by atoms with Gasteiger partial charge in [-0.2, -0.15) is 5.26 Å². The van der Waals surface area contributed by atoms with Crippen molar-refractivity contribution in [2.45, 2.75) is 51.7 Å². The maximum absolute atomic E-state index is 12.3. The second kappa shape index (κ2) is 8.41. The van der Waals surface area contributed by atoms with Gasteiger partial charge in [0.05, 0.1) is 29.2 Å². The number of amides is 1. The van der Waals surface area contributed by atoms with Gasteiger partial charge in [-0.1, -0.05) is 36.7 Å². The molecule has 1 heterocycles. The molecule has 0 aliphatic heterocycles. The highest BCUT2D eigenvalue weighted by Gasteiger charge is 2.33. The number of aromatic nitrogens is 1. The second-order valence-electron chi connectivity index (χ2n) is 8.28. The normalized spacial score (nSPS) is 13.5. The first-order valence-electron chi connectivity index (χ1n) is 9.94. The number of benzene rings is 2. The van der Waals surface area contributed by atoms with Gasteiger partial charge >= 0.3 is 6.09 Å². The van der Waals surface area contributed by atoms with Crippen LogP contribution >= 0.6 is 11.6 Å². The van der Waals surface area contributed by atoms with E-state index in [0.29, 0.717) is 17.1 Å². The Balaban J connectivity index is 2.10. The molecule has 0 radical (unpaired) electrons. The summed E-state index contributed by atoms with van der Waals surface area (Å²) in [7, 11) is 0. The predicted octanol–water partition coefficient (Wildman–Crippen LogP) is 6.71. The maximum Gasteiger partial charge on any atom is 0.412 e. The van der Waals surface area contributed by atoms with Gasteiger partial charge in [0.25, 0.3) is 0 Å². The maximum atomic E-state index is 12.3. The summed E-state index contributed by atoms with van der Waals surface area (Å²) in [5.41, 5.74) is 1.47. The van der Waals surface area contributed by atoms with Gasteiger partial charge in [0.1, 0.15) is 5.60 Å². The third-order valence-corrected chi connectivity index (χ3v) is 5.42. The summed E-state index contributed by atoms with van der Waals surface area (Å²) in [6.45, 7) is 7.55. The zero-order valence-corrected chi connectivity index (χ0v) is 18.5. The molecule has 1 atom stereocenters. The molecule has 0 saturated carbocycles. The van der Waals surface area contributed by atoms with E-state index in [2.05, 4.69) is 22.9 Å². The molecule has 3 aromatic rings. The number of halogens is 1. The van der Waals surface area contributed by atoms with E-state index in [1.165, 1.54) is 0 Å². The Kier molecular flexibility index (Phi) is 6.09. The first-order valence-corrected chi connectivity index (χ1v) is 10.3. The molecule has 2 aromatic carbocycles. The highest BCUT2D eigenvalue weighted by Crippen LogP contribution is 2.38. The molecule has 0 fully saturated rings. The number of ether oxygens (including phenoxy) is 1. The van der Waals surface area contributed by atoms with E-state index in [1.807, 2.05) is 75.5 Å². The van der Waals surface area contributed by atoms with Crippen molar-refractivity contribution < 1.29 is 9.53 Å². The lowest BCUT2D eigenvalue weighted by atomic mass is 9.84. The van der Waals surface area contributed by atoms with Crippen molar-refractivity contribution >= 4 is 34.3 Å². The van der Waals surface area contributed by atoms with Gasteiger partial charge in [-0.05, 0) is 63.1 Å². The topological polar surface area (TPSA) is 67.0 Å². The van der Waals surface area contributed by atoms with Crippen LogP contribution in [0.5, 0.6) is 0 Å². The number of nitrogens with one attached hydrogen (secondary N) is 1. The molecular weight excluding hydrogens is 398 g/mol. The highest BCUT2D eigenvalue weighted by atomic mass is 35.5. The molecule has 1 unspecified atom stereocenters. The van der Waals surface area contributed by atoms with Gasteiger partial charge in [0.15, 0.2) is 0 Å². The number of carbonyl (C=O) groups excluding carboxylic acids is 1. The lowest BCUT2D eigenvalue weighted by Gasteiger charge is -2.34. The summed E-state index contributed by atoms with van der Waals surface area (Å²) in [6, 6.07) is 17.7. The third kappa shape index (κ3) is 4.29. The lowest BCUT2D eigenvalue weighted by molar-refractivity contribution is 0.0636. The summed E-state index contributed by atoms with van der Waals surface area (Å²) in [6.07, 6.45) is 2.49. The van der Waals surface area contributed by atoms with Crippen LogP contribution < -0.4 is 5.32 Å². The van der Waals surface area contributed by atoms with Gasteiger partial charge < -0.3 is 9.30 Å². The molecule has 156 valence electrons. The molecule has 0 saturated heterocycles. The fourth-order valence-corrected chi connectivity index (χ4v) is 3.91. The molecule has 3 rings (SSSR count). The van der Waals surface area contributed by atoms with Gasteiger partial charge in [0, 0.05) is 16.6 Å². The predicted molar refractivity (Wildman–Crippen MR) is 121 cm³/mol. The standard InChI is InChI=1S/C24H26ClN3O2/c1-5-24(14-15-26,17-9-11-18(25)12-10-17)28-16-13-19-20(7-6-8-21(19)28)27-22(29)30-23(2,3)4/h6-13,16H,5,14H2,1-4H3,(H,27,29). The average molecular weight is 424 g/mol. The van der Waals surface area contributed by atoms with E-state index < -0.39 is 17.2 Å². The van der Waals surface area contributed by atoms with Crippen molar-refractivity contribution in [3.8, 4) is 6.07 Å². The zero-order chi connectivity index (χ0) is 21.9. The number of carbonyl (C=O) groups is 1.